The van der Waals surface area contributed by atoms with Crippen LogP contribution in [0.1, 0.15) is 11.1 Å². The summed E-state index contributed by atoms with van der Waals surface area (Å²) in [4.78, 5) is 24.0. The zero-order valence-corrected chi connectivity index (χ0v) is 18.2. The first-order valence-electron chi connectivity index (χ1n) is 8.54. The minimum Gasteiger partial charge on any atom is -0.454 e. The van der Waals surface area contributed by atoms with Gasteiger partial charge in [-0.1, -0.05) is 22.0 Å². The van der Waals surface area contributed by atoms with Crippen molar-refractivity contribution in [2.45, 2.75) is 24.8 Å². The second-order valence-corrected chi connectivity index (χ2v) is 8.97. The summed E-state index contributed by atoms with van der Waals surface area (Å²) in [6, 6.07) is 9.64. The fourth-order valence-corrected chi connectivity index (χ4v) is 3.95. The van der Waals surface area contributed by atoms with Crippen LogP contribution < -0.4 is 10.0 Å². The lowest BCUT2D eigenvalue weighted by Gasteiger charge is -2.16. The molecule has 1 atom stereocenters. The van der Waals surface area contributed by atoms with Gasteiger partial charge in [0.15, 0.2) is 6.61 Å². The molecular formula is C19H21BrN2O6S. The third kappa shape index (κ3) is 6.93. The highest BCUT2D eigenvalue weighted by molar-refractivity contribution is 9.10. The number of halogens is 1. The fourth-order valence-electron chi connectivity index (χ4n) is 2.51. The van der Waals surface area contributed by atoms with E-state index in [4.69, 9.17) is 4.74 Å². The standard InChI is InChI=1S/C19H21BrN2O6S/c1-12-7-13(2)9-15(8-12)21-18(24)11-28-19(25)17(10-23)22-29(26,27)16-5-3-14(20)4-6-16/h3-9,17,22-23H,10-11H2,1-2H3,(H,21,24). The van der Waals surface area contributed by atoms with E-state index < -0.39 is 41.2 Å². The summed E-state index contributed by atoms with van der Waals surface area (Å²) < 4.78 is 32.3. The first-order valence-corrected chi connectivity index (χ1v) is 10.8. The maximum Gasteiger partial charge on any atom is 0.327 e. The topological polar surface area (TPSA) is 122 Å². The van der Waals surface area contributed by atoms with Gasteiger partial charge in [-0.25, -0.2) is 8.42 Å². The van der Waals surface area contributed by atoms with E-state index in [1.54, 1.807) is 12.1 Å². The number of sulfonamides is 1. The average Bonchev–Trinajstić information content (AvgIpc) is 2.63. The summed E-state index contributed by atoms with van der Waals surface area (Å²) in [6.07, 6.45) is 0. The van der Waals surface area contributed by atoms with Crippen molar-refractivity contribution in [1.82, 2.24) is 4.72 Å². The van der Waals surface area contributed by atoms with Crippen LogP contribution in [0.2, 0.25) is 0 Å². The smallest absolute Gasteiger partial charge is 0.327 e. The van der Waals surface area contributed by atoms with E-state index in [9.17, 15) is 23.1 Å². The van der Waals surface area contributed by atoms with E-state index >= 15 is 0 Å². The number of benzene rings is 2. The Morgan fingerprint density at radius 2 is 1.69 bits per heavy atom. The monoisotopic (exact) mass is 484 g/mol. The Balaban J connectivity index is 1.95. The van der Waals surface area contributed by atoms with Gasteiger partial charge >= 0.3 is 5.97 Å². The molecule has 8 nitrogen and oxygen atoms in total. The number of aliphatic hydroxyl groups is 1. The number of rotatable bonds is 8. The van der Waals surface area contributed by atoms with Crippen molar-refractivity contribution in [2.24, 2.45) is 0 Å². The van der Waals surface area contributed by atoms with E-state index in [2.05, 4.69) is 26.0 Å². The average molecular weight is 485 g/mol. The Labute approximate surface area is 177 Å². The van der Waals surface area contributed by atoms with Gasteiger partial charge in [-0.05, 0) is 61.4 Å². The highest BCUT2D eigenvalue weighted by Gasteiger charge is 2.27. The summed E-state index contributed by atoms with van der Waals surface area (Å²) in [6.45, 7) is 2.31. The molecule has 0 bridgehead atoms. The summed E-state index contributed by atoms with van der Waals surface area (Å²) in [7, 11) is -4.06. The quantitative estimate of drug-likeness (QED) is 0.491. The predicted octanol–water partition coefficient (Wildman–Crippen LogP) is 1.89. The maximum atomic E-state index is 12.3. The van der Waals surface area contributed by atoms with E-state index in [1.165, 1.54) is 24.3 Å². The number of ether oxygens (including phenoxy) is 1. The second-order valence-electron chi connectivity index (χ2n) is 6.34. The van der Waals surface area contributed by atoms with Crippen molar-refractivity contribution < 1.29 is 27.9 Å². The molecule has 0 fully saturated rings. The molecule has 2 rings (SSSR count). The molecule has 0 aliphatic carbocycles. The van der Waals surface area contributed by atoms with Crippen molar-refractivity contribution in [1.29, 1.82) is 0 Å². The maximum absolute atomic E-state index is 12.3. The summed E-state index contributed by atoms with van der Waals surface area (Å²) >= 11 is 3.20. The van der Waals surface area contributed by atoms with Crippen molar-refractivity contribution in [3.8, 4) is 0 Å². The van der Waals surface area contributed by atoms with Crippen LogP contribution in [0.5, 0.6) is 0 Å². The van der Waals surface area contributed by atoms with E-state index in [1.807, 2.05) is 19.9 Å². The summed E-state index contributed by atoms with van der Waals surface area (Å²) in [5.74, 6) is -1.65. The number of nitrogens with one attached hydrogen (secondary N) is 2. The van der Waals surface area contributed by atoms with E-state index in [0.29, 0.717) is 10.2 Å². The first-order chi connectivity index (χ1) is 13.6. The Bertz CT molecular complexity index is 972. The number of hydrogen-bond donors (Lipinski definition) is 3. The molecule has 0 aliphatic rings. The minimum atomic E-state index is -4.06. The number of anilines is 1. The number of aliphatic hydroxyl groups excluding tert-OH is 1. The molecule has 2 aromatic rings. The van der Waals surface area contributed by atoms with Crippen LogP contribution in [0.4, 0.5) is 5.69 Å². The molecule has 0 heterocycles. The number of carbonyl (C=O) groups is 2. The molecule has 0 saturated heterocycles. The number of hydrogen-bond acceptors (Lipinski definition) is 6. The number of amides is 1. The highest BCUT2D eigenvalue weighted by Crippen LogP contribution is 2.15. The zero-order valence-electron chi connectivity index (χ0n) is 15.8. The molecule has 1 amide bonds. The molecule has 29 heavy (non-hydrogen) atoms. The molecule has 1 unspecified atom stereocenters. The van der Waals surface area contributed by atoms with Crippen LogP contribution in [-0.4, -0.2) is 44.7 Å². The third-order valence-electron chi connectivity index (χ3n) is 3.74. The van der Waals surface area contributed by atoms with Crippen molar-refractivity contribution in [3.63, 3.8) is 0 Å². The van der Waals surface area contributed by atoms with Gasteiger partial charge in [0.05, 0.1) is 11.5 Å². The van der Waals surface area contributed by atoms with Crippen molar-refractivity contribution in [2.75, 3.05) is 18.5 Å². The molecular weight excluding hydrogens is 464 g/mol. The van der Waals surface area contributed by atoms with Crippen molar-refractivity contribution >= 4 is 43.5 Å². The van der Waals surface area contributed by atoms with Gasteiger partial charge < -0.3 is 15.2 Å². The molecule has 0 saturated carbocycles. The van der Waals surface area contributed by atoms with Gasteiger partial charge in [0.1, 0.15) is 6.04 Å². The normalized spacial score (nSPS) is 12.3. The van der Waals surface area contributed by atoms with Gasteiger partial charge in [-0.3, -0.25) is 9.59 Å². The van der Waals surface area contributed by atoms with Crippen molar-refractivity contribution in [3.05, 3.63) is 58.1 Å². The molecule has 156 valence electrons. The Morgan fingerprint density at radius 1 is 1.10 bits per heavy atom. The van der Waals surface area contributed by atoms with Crippen LogP contribution >= 0.6 is 15.9 Å². The van der Waals surface area contributed by atoms with Crippen LogP contribution in [0, 0.1) is 13.8 Å². The SMILES string of the molecule is Cc1cc(C)cc(NC(=O)COC(=O)C(CO)NS(=O)(=O)c2ccc(Br)cc2)c1. The molecule has 0 radical (unpaired) electrons. The van der Waals surface area contributed by atoms with Crippen LogP contribution in [0.25, 0.3) is 0 Å². The predicted molar refractivity (Wildman–Crippen MR) is 111 cm³/mol. The van der Waals surface area contributed by atoms with E-state index in [0.717, 1.165) is 11.1 Å². The Kier molecular flexibility index (Phi) is 7.91. The summed E-state index contributed by atoms with van der Waals surface area (Å²) in [5, 5.41) is 12.0. The summed E-state index contributed by atoms with van der Waals surface area (Å²) in [5.41, 5.74) is 2.47. The fraction of sp³-hybridized carbons (Fsp3) is 0.263. The molecule has 0 spiro atoms. The molecule has 0 aromatic heterocycles. The van der Waals surface area contributed by atoms with Crippen LogP contribution in [0.3, 0.4) is 0 Å². The molecule has 10 heteroatoms. The van der Waals surface area contributed by atoms with Gasteiger partial charge in [-0.15, -0.1) is 0 Å². The lowest BCUT2D eigenvalue weighted by atomic mass is 10.1. The number of carbonyl (C=O) groups excluding carboxylic acids is 2. The first kappa shape index (κ1) is 23.0. The second kappa shape index (κ2) is 9.97. The van der Waals surface area contributed by atoms with Gasteiger partial charge in [-0.2, -0.15) is 4.72 Å². The highest BCUT2D eigenvalue weighted by atomic mass is 79.9. The third-order valence-corrected chi connectivity index (χ3v) is 5.76. The Morgan fingerprint density at radius 3 is 2.24 bits per heavy atom. The molecule has 3 N–H and O–H groups in total. The lowest BCUT2D eigenvalue weighted by molar-refractivity contribution is -0.149. The van der Waals surface area contributed by atoms with Crippen LogP contribution in [-0.2, 0) is 24.3 Å². The zero-order chi connectivity index (χ0) is 21.6. The van der Waals surface area contributed by atoms with Gasteiger partial charge in [0.2, 0.25) is 10.0 Å². The minimum absolute atomic E-state index is 0.0838. The molecule has 0 aliphatic heterocycles. The van der Waals surface area contributed by atoms with E-state index in [-0.39, 0.29) is 4.90 Å². The molecule has 2 aromatic carbocycles. The van der Waals surface area contributed by atoms with Gasteiger partial charge in [0, 0.05) is 10.2 Å². The van der Waals surface area contributed by atoms with Gasteiger partial charge in [0.25, 0.3) is 5.91 Å². The largest absolute Gasteiger partial charge is 0.454 e. The lowest BCUT2D eigenvalue weighted by Crippen LogP contribution is -2.44. The number of esters is 1. The number of aryl methyl sites for hydroxylation is 2. The van der Waals surface area contributed by atoms with Crippen LogP contribution in [0.15, 0.2) is 51.8 Å². The Hall–Kier alpha value is -2.27.